The highest BCUT2D eigenvalue weighted by Crippen LogP contribution is 2.29. The normalized spacial score (nSPS) is 12.2. The second kappa shape index (κ2) is 6.59. The van der Waals surface area contributed by atoms with Gasteiger partial charge in [-0.25, -0.2) is 0 Å². The number of hydrogen-bond acceptors (Lipinski definition) is 2. The second-order valence-electron chi connectivity index (χ2n) is 4.32. The lowest BCUT2D eigenvalue weighted by molar-refractivity contribution is 0.405. The summed E-state index contributed by atoms with van der Waals surface area (Å²) < 4.78 is 6.56. The van der Waals surface area contributed by atoms with Crippen molar-refractivity contribution in [3.63, 3.8) is 0 Å². The van der Waals surface area contributed by atoms with E-state index in [1.165, 1.54) is 9.13 Å². The summed E-state index contributed by atoms with van der Waals surface area (Å²) >= 11 is 8.25. The van der Waals surface area contributed by atoms with Crippen LogP contribution in [0.25, 0.3) is 0 Å². The van der Waals surface area contributed by atoms with Crippen molar-refractivity contribution < 1.29 is 4.74 Å². The Kier molecular flexibility index (Phi) is 5.07. The minimum Gasteiger partial charge on any atom is -0.496 e. The fraction of sp³-hybridized carbons (Fsp3) is 0.200. The number of methoxy groups -OCH3 is 1. The van der Waals surface area contributed by atoms with E-state index in [1.54, 1.807) is 13.2 Å². The van der Waals surface area contributed by atoms with Crippen LogP contribution in [0.2, 0.25) is 5.02 Å². The van der Waals surface area contributed by atoms with Gasteiger partial charge in [0.05, 0.1) is 7.11 Å². The summed E-state index contributed by atoms with van der Waals surface area (Å²) in [6, 6.07) is 13.8. The highest BCUT2D eigenvalue weighted by atomic mass is 127. The molecule has 0 aliphatic rings. The molecular weight excluding hydrogens is 373 g/mol. The van der Waals surface area contributed by atoms with E-state index in [0.717, 1.165) is 17.7 Å². The molecule has 2 nitrogen and oxygen atoms in total. The predicted octanol–water partition coefficient (Wildman–Crippen LogP) is 4.20. The van der Waals surface area contributed by atoms with E-state index in [9.17, 15) is 0 Å². The van der Waals surface area contributed by atoms with Crippen LogP contribution in [0.3, 0.4) is 0 Å². The Balaban J connectivity index is 2.19. The molecule has 0 spiro atoms. The maximum Gasteiger partial charge on any atom is 0.125 e. The Morgan fingerprint density at radius 2 is 1.89 bits per heavy atom. The Morgan fingerprint density at radius 1 is 1.21 bits per heavy atom. The molecule has 4 heteroatoms. The summed E-state index contributed by atoms with van der Waals surface area (Å²) in [6.45, 7) is 0. The van der Waals surface area contributed by atoms with E-state index in [2.05, 4.69) is 46.9 Å². The van der Waals surface area contributed by atoms with Crippen molar-refractivity contribution in [2.24, 2.45) is 5.73 Å². The highest BCUT2D eigenvalue weighted by Gasteiger charge is 2.13. The van der Waals surface area contributed by atoms with E-state index in [0.29, 0.717) is 5.02 Å². The first-order valence-corrected chi connectivity index (χ1v) is 7.39. The molecule has 2 rings (SSSR count). The summed E-state index contributed by atoms with van der Waals surface area (Å²) in [6.07, 6.45) is 0.773. The van der Waals surface area contributed by atoms with Crippen molar-refractivity contribution in [3.05, 3.63) is 62.2 Å². The molecule has 2 aromatic carbocycles. The standard InChI is InChI=1S/C15H15ClINO/c1-19-15-9-11(16)4-7-13(15)14(18)8-10-2-5-12(17)6-3-10/h2-7,9,14H,8,18H2,1H3. The van der Waals surface area contributed by atoms with Crippen molar-refractivity contribution in [3.8, 4) is 5.75 Å². The first-order valence-electron chi connectivity index (χ1n) is 5.93. The molecule has 2 aromatic rings. The summed E-state index contributed by atoms with van der Waals surface area (Å²) in [5.74, 6) is 0.741. The monoisotopic (exact) mass is 387 g/mol. The number of benzene rings is 2. The van der Waals surface area contributed by atoms with Gasteiger partial charge in [0, 0.05) is 20.2 Å². The molecule has 0 radical (unpaired) electrons. The van der Waals surface area contributed by atoms with Crippen molar-refractivity contribution in [1.29, 1.82) is 0 Å². The van der Waals surface area contributed by atoms with E-state index >= 15 is 0 Å². The predicted molar refractivity (Wildman–Crippen MR) is 87.8 cm³/mol. The lowest BCUT2D eigenvalue weighted by Crippen LogP contribution is -2.14. The number of halogens is 2. The average Bonchev–Trinajstić information content (AvgIpc) is 2.41. The van der Waals surface area contributed by atoms with Crippen LogP contribution in [-0.4, -0.2) is 7.11 Å². The first kappa shape index (κ1) is 14.6. The SMILES string of the molecule is COc1cc(Cl)ccc1C(N)Cc1ccc(I)cc1. The molecule has 0 fully saturated rings. The third kappa shape index (κ3) is 3.84. The zero-order chi connectivity index (χ0) is 13.8. The molecule has 0 saturated heterocycles. The largest absolute Gasteiger partial charge is 0.496 e. The third-order valence-electron chi connectivity index (χ3n) is 2.96. The van der Waals surface area contributed by atoms with Crippen LogP contribution >= 0.6 is 34.2 Å². The third-order valence-corrected chi connectivity index (χ3v) is 3.92. The zero-order valence-electron chi connectivity index (χ0n) is 10.6. The van der Waals surface area contributed by atoms with Gasteiger partial charge in [-0.3, -0.25) is 0 Å². The Hall–Kier alpha value is -0.780. The lowest BCUT2D eigenvalue weighted by Gasteiger charge is -2.16. The smallest absolute Gasteiger partial charge is 0.125 e. The molecule has 100 valence electrons. The van der Waals surface area contributed by atoms with Gasteiger partial charge in [0.25, 0.3) is 0 Å². The molecule has 0 bridgehead atoms. The van der Waals surface area contributed by atoms with Crippen LogP contribution < -0.4 is 10.5 Å². The van der Waals surface area contributed by atoms with Crippen LogP contribution in [0.1, 0.15) is 17.2 Å². The van der Waals surface area contributed by atoms with Gasteiger partial charge in [0.1, 0.15) is 5.75 Å². The quantitative estimate of drug-likeness (QED) is 0.798. The molecule has 0 aliphatic heterocycles. The lowest BCUT2D eigenvalue weighted by atomic mass is 9.99. The van der Waals surface area contributed by atoms with Crippen LogP contribution in [0.5, 0.6) is 5.75 Å². The van der Waals surface area contributed by atoms with Crippen LogP contribution in [0.4, 0.5) is 0 Å². The van der Waals surface area contributed by atoms with Crippen molar-refractivity contribution in [2.75, 3.05) is 7.11 Å². The molecular formula is C15H15ClINO. The highest BCUT2D eigenvalue weighted by molar-refractivity contribution is 14.1. The first-order chi connectivity index (χ1) is 9.10. The molecule has 0 saturated carbocycles. The van der Waals surface area contributed by atoms with Gasteiger partial charge in [-0.1, -0.05) is 29.8 Å². The number of hydrogen-bond donors (Lipinski definition) is 1. The number of ether oxygens (including phenoxy) is 1. The van der Waals surface area contributed by atoms with Gasteiger partial charge in [0.2, 0.25) is 0 Å². The van der Waals surface area contributed by atoms with Gasteiger partial charge < -0.3 is 10.5 Å². The molecule has 1 atom stereocenters. The number of nitrogens with two attached hydrogens (primary N) is 1. The Bertz CT molecular complexity index is 557. The van der Waals surface area contributed by atoms with Gasteiger partial charge in [-0.05, 0) is 58.8 Å². The maximum absolute atomic E-state index is 6.27. The van der Waals surface area contributed by atoms with Crippen molar-refractivity contribution in [1.82, 2.24) is 0 Å². The molecule has 19 heavy (non-hydrogen) atoms. The number of rotatable bonds is 4. The van der Waals surface area contributed by atoms with Crippen LogP contribution in [0.15, 0.2) is 42.5 Å². The Morgan fingerprint density at radius 3 is 2.53 bits per heavy atom. The second-order valence-corrected chi connectivity index (χ2v) is 6.01. The minimum atomic E-state index is -0.104. The van der Waals surface area contributed by atoms with Gasteiger partial charge >= 0.3 is 0 Å². The summed E-state index contributed by atoms with van der Waals surface area (Å²) in [4.78, 5) is 0. The molecule has 0 aliphatic carbocycles. The minimum absolute atomic E-state index is 0.104. The Labute approximate surface area is 132 Å². The fourth-order valence-electron chi connectivity index (χ4n) is 1.98. The van der Waals surface area contributed by atoms with Crippen LogP contribution in [0, 0.1) is 3.57 Å². The maximum atomic E-state index is 6.27. The average molecular weight is 388 g/mol. The van der Waals surface area contributed by atoms with Gasteiger partial charge in [-0.2, -0.15) is 0 Å². The van der Waals surface area contributed by atoms with Crippen molar-refractivity contribution >= 4 is 34.2 Å². The topological polar surface area (TPSA) is 35.2 Å². The summed E-state index contributed by atoms with van der Waals surface area (Å²) in [5.41, 5.74) is 8.46. The molecule has 1 unspecified atom stereocenters. The van der Waals surface area contributed by atoms with E-state index < -0.39 is 0 Å². The van der Waals surface area contributed by atoms with Crippen LogP contribution in [-0.2, 0) is 6.42 Å². The molecule has 0 aromatic heterocycles. The molecule has 2 N–H and O–H groups in total. The molecule has 0 heterocycles. The van der Waals surface area contributed by atoms with Gasteiger partial charge in [0.15, 0.2) is 0 Å². The van der Waals surface area contributed by atoms with E-state index in [1.807, 2.05) is 12.1 Å². The summed E-state index contributed by atoms with van der Waals surface area (Å²) in [5, 5.41) is 0.655. The zero-order valence-corrected chi connectivity index (χ0v) is 13.5. The van der Waals surface area contributed by atoms with Gasteiger partial charge in [-0.15, -0.1) is 0 Å². The van der Waals surface area contributed by atoms with E-state index in [-0.39, 0.29) is 6.04 Å². The molecule has 0 amide bonds. The van der Waals surface area contributed by atoms with E-state index in [4.69, 9.17) is 22.1 Å². The summed E-state index contributed by atoms with van der Waals surface area (Å²) in [7, 11) is 1.63. The fourth-order valence-corrected chi connectivity index (χ4v) is 2.50. The van der Waals surface area contributed by atoms with Crippen molar-refractivity contribution in [2.45, 2.75) is 12.5 Å².